The quantitative estimate of drug-likeness (QED) is 0.546. The first-order valence-electron chi connectivity index (χ1n) is 4.98. The van der Waals surface area contributed by atoms with Gasteiger partial charge in [0, 0.05) is 3.92 Å². The molecule has 1 aromatic rings. The molecule has 1 aromatic carbocycles. The lowest BCUT2D eigenvalue weighted by atomic mass is 9.83. The van der Waals surface area contributed by atoms with Gasteiger partial charge in [-0.3, -0.25) is 0 Å². The van der Waals surface area contributed by atoms with Gasteiger partial charge in [0.2, 0.25) is 0 Å². The lowest BCUT2D eigenvalue weighted by Crippen LogP contribution is -2.20. The van der Waals surface area contributed by atoms with Crippen molar-refractivity contribution >= 4 is 22.6 Å². The molecular formula is C12H15I. The van der Waals surface area contributed by atoms with Gasteiger partial charge >= 0.3 is 0 Å². The van der Waals surface area contributed by atoms with E-state index in [4.69, 9.17) is 0 Å². The molecule has 13 heavy (non-hydrogen) atoms. The van der Waals surface area contributed by atoms with Gasteiger partial charge < -0.3 is 0 Å². The summed E-state index contributed by atoms with van der Waals surface area (Å²) in [5, 5.41) is 0. The molecule has 0 fully saturated rings. The average molecular weight is 286 g/mol. The molecule has 2 rings (SSSR count). The van der Waals surface area contributed by atoms with Crippen LogP contribution in [-0.4, -0.2) is 3.92 Å². The number of aryl methyl sites for hydroxylation is 1. The molecule has 0 saturated carbocycles. The first-order valence-corrected chi connectivity index (χ1v) is 6.23. The molecule has 0 N–H and O–H groups in total. The lowest BCUT2D eigenvalue weighted by Gasteiger charge is -2.26. The highest BCUT2D eigenvalue weighted by Crippen LogP contribution is 2.30. The van der Waals surface area contributed by atoms with Crippen LogP contribution in [0.15, 0.2) is 24.3 Å². The van der Waals surface area contributed by atoms with Gasteiger partial charge in [0.25, 0.3) is 0 Å². The van der Waals surface area contributed by atoms with Crippen molar-refractivity contribution in [1.82, 2.24) is 0 Å². The fourth-order valence-corrected chi connectivity index (χ4v) is 2.73. The zero-order chi connectivity index (χ0) is 9.26. The third-order valence-electron chi connectivity index (χ3n) is 3.03. The van der Waals surface area contributed by atoms with E-state index in [9.17, 15) is 0 Å². The van der Waals surface area contributed by atoms with Gasteiger partial charge in [0.1, 0.15) is 0 Å². The molecular weight excluding hydrogens is 271 g/mol. The van der Waals surface area contributed by atoms with Crippen molar-refractivity contribution in [3.05, 3.63) is 35.4 Å². The Morgan fingerprint density at radius 2 is 2.00 bits per heavy atom. The molecule has 2 atom stereocenters. The number of rotatable bonds is 1. The molecule has 0 radical (unpaired) electrons. The van der Waals surface area contributed by atoms with E-state index in [-0.39, 0.29) is 0 Å². The van der Waals surface area contributed by atoms with Crippen LogP contribution in [0.4, 0.5) is 0 Å². The summed E-state index contributed by atoms with van der Waals surface area (Å²) < 4.78 is 0.811. The fourth-order valence-electron chi connectivity index (χ4n) is 2.12. The van der Waals surface area contributed by atoms with Crippen LogP contribution in [-0.2, 0) is 12.8 Å². The highest BCUT2D eigenvalue weighted by molar-refractivity contribution is 14.1. The maximum Gasteiger partial charge on any atom is 0.0113 e. The number of alkyl halides is 1. The van der Waals surface area contributed by atoms with Gasteiger partial charge in [-0.05, 0) is 36.3 Å². The van der Waals surface area contributed by atoms with E-state index in [1.165, 1.54) is 19.3 Å². The van der Waals surface area contributed by atoms with Crippen molar-refractivity contribution in [2.45, 2.75) is 30.1 Å². The van der Waals surface area contributed by atoms with Crippen LogP contribution in [0.5, 0.6) is 0 Å². The van der Waals surface area contributed by atoms with Crippen molar-refractivity contribution in [2.75, 3.05) is 0 Å². The van der Waals surface area contributed by atoms with Gasteiger partial charge in [0.15, 0.2) is 0 Å². The van der Waals surface area contributed by atoms with Gasteiger partial charge in [-0.25, -0.2) is 0 Å². The number of hydrogen-bond donors (Lipinski definition) is 0. The van der Waals surface area contributed by atoms with Crippen molar-refractivity contribution in [1.29, 1.82) is 0 Å². The zero-order valence-electron chi connectivity index (χ0n) is 7.96. The molecule has 0 bridgehead atoms. The van der Waals surface area contributed by atoms with E-state index in [0.717, 1.165) is 9.84 Å². The minimum Gasteiger partial charge on any atom is -0.0826 e. The molecule has 0 nitrogen and oxygen atoms in total. The molecule has 0 saturated heterocycles. The lowest BCUT2D eigenvalue weighted by molar-refractivity contribution is 0.465. The Kier molecular flexibility index (Phi) is 2.92. The summed E-state index contributed by atoms with van der Waals surface area (Å²) in [5.74, 6) is 0.899. The standard InChI is InChI=1S/C12H15I/c1-9(13)11-7-6-10-4-2-3-5-12(10)8-11/h2-5,9,11H,6-8H2,1H3/t9?,11-/m1/s1. The molecule has 0 spiro atoms. The topological polar surface area (TPSA) is 0 Å². The van der Waals surface area contributed by atoms with Crippen LogP contribution in [0.2, 0.25) is 0 Å². The predicted octanol–water partition coefficient (Wildman–Crippen LogP) is 3.62. The normalized spacial score (nSPS) is 23.7. The Labute approximate surface area is 93.9 Å². The number of halogens is 1. The summed E-state index contributed by atoms with van der Waals surface area (Å²) in [6.45, 7) is 2.33. The molecule has 0 heterocycles. The van der Waals surface area contributed by atoms with Gasteiger partial charge in [-0.2, -0.15) is 0 Å². The summed E-state index contributed by atoms with van der Waals surface area (Å²) in [6, 6.07) is 8.90. The average Bonchev–Trinajstić information content (AvgIpc) is 2.17. The van der Waals surface area contributed by atoms with Crippen LogP contribution in [0.1, 0.15) is 24.5 Å². The maximum absolute atomic E-state index is 2.56. The summed E-state index contributed by atoms with van der Waals surface area (Å²) >= 11 is 2.56. The monoisotopic (exact) mass is 286 g/mol. The van der Waals surface area contributed by atoms with E-state index in [0.29, 0.717) is 0 Å². The van der Waals surface area contributed by atoms with Crippen LogP contribution in [0, 0.1) is 5.92 Å². The van der Waals surface area contributed by atoms with Crippen molar-refractivity contribution in [3.8, 4) is 0 Å². The van der Waals surface area contributed by atoms with Crippen LogP contribution in [0.25, 0.3) is 0 Å². The molecule has 1 unspecified atom stereocenters. The third kappa shape index (κ3) is 2.06. The fraction of sp³-hybridized carbons (Fsp3) is 0.500. The van der Waals surface area contributed by atoms with Crippen LogP contribution < -0.4 is 0 Å². The molecule has 0 aromatic heterocycles. The van der Waals surface area contributed by atoms with Crippen molar-refractivity contribution < 1.29 is 0 Å². The Morgan fingerprint density at radius 3 is 2.69 bits per heavy atom. The second-order valence-corrected chi connectivity index (χ2v) is 5.91. The molecule has 0 aliphatic heterocycles. The van der Waals surface area contributed by atoms with Gasteiger partial charge in [-0.1, -0.05) is 53.8 Å². The van der Waals surface area contributed by atoms with Crippen LogP contribution in [0.3, 0.4) is 0 Å². The molecule has 1 aliphatic rings. The smallest absolute Gasteiger partial charge is 0.0113 e. The van der Waals surface area contributed by atoms with Crippen molar-refractivity contribution in [2.24, 2.45) is 5.92 Å². The van der Waals surface area contributed by atoms with E-state index >= 15 is 0 Å². The molecule has 70 valence electrons. The Bertz CT molecular complexity index is 291. The Hall–Kier alpha value is -0.0500. The first kappa shape index (κ1) is 9.50. The molecule has 0 amide bonds. The predicted molar refractivity (Wildman–Crippen MR) is 65.4 cm³/mol. The second kappa shape index (κ2) is 3.99. The maximum atomic E-state index is 2.56. The summed E-state index contributed by atoms with van der Waals surface area (Å²) in [6.07, 6.45) is 3.95. The molecule has 1 aliphatic carbocycles. The van der Waals surface area contributed by atoms with Gasteiger partial charge in [0.05, 0.1) is 0 Å². The molecule has 1 heteroatoms. The number of fused-ring (bicyclic) bond motifs is 1. The van der Waals surface area contributed by atoms with E-state index < -0.39 is 0 Å². The minimum absolute atomic E-state index is 0.811. The Balaban J connectivity index is 2.20. The summed E-state index contributed by atoms with van der Waals surface area (Å²) in [5.41, 5.74) is 3.16. The van der Waals surface area contributed by atoms with Crippen LogP contribution >= 0.6 is 22.6 Å². The highest BCUT2D eigenvalue weighted by Gasteiger charge is 2.21. The van der Waals surface area contributed by atoms with E-state index in [1.807, 2.05) is 0 Å². The van der Waals surface area contributed by atoms with Gasteiger partial charge in [-0.15, -0.1) is 0 Å². The number of benzene rings is 1. The largest absolute Gasteiger partial charge is 0.0826 e. The second-order valence-electron chi connectivity index (χ2n) is 3.95. The van der Waals surface area contributed by atoms with E-state index in [1.54, 1.807) is 11.1 Å². The first-order chi connectivity index (χ1) is 6.27. The number of hydrogen-bond acceptors (Lipinski definition) is 0. The zero-order valence-corrected chi connectivity index (χ0v) is 10.1. The SMILES string of the molecule is CC(I)[C@@H]1CCc2ccccc2C1. The Morgan fingerprint density at radius 1 is 1.31 bits per heavy atom. The highest BCUT2D eigenvalue weighted by atomic mass is 127. The van der Waals surface area contributed by atoms with E-state index in [2.05, 4.69) is 53.8 Å². The van der Waals surface area contributed by atoms with Crippen molar-refractivity contribution in [3.63, 3.8) is 0 Å². The summed E-state index contributed by atoms with van der Waals surface area (Å²) in [4.78, 5) is 0. The minimum atomic E-state index is 0.811. The third-order valence-corrected chi connectivity index (χ3v) is 4.05. The summed E-state index contributed by atoms with van der Waals surface area (Å²) in [7, 11) is 0.